The van der Waals surface area contributed by atoms with Crippen LogP contribution in [0.15, 0.2) is 42.5 Å². The first kappa shape index (κ1) is 10.3. The highest BCUT2D eigenvalue weighted by Crippen LogP contribution is 2.31. The van der Waals surface area contributed by atoms with Gasteiger partial charge in [0, 0.05) is 0 Å². The van der Waals surface area contributed by atoms with Crippen molar-refractivity contribution in [1.82, 2.24) is 0 Å². The molecule has 0 fully saturated rings. The average Bonchev–Trinajstić information content (AvgIpc) is 2.72. The van der Waals surface area contributed by atoms with Gasteiger partial charge in [-0.2, -0.15) is 0 Å². The number of fused-ring (bicyclic) bond motifs is 1. The van der Waals surface area contributed by atoms with Crippen molar-refractivity contribution >= 4 is 11.6 Å². The van der Waals surface area contributed by atoms with Crippen LogP contribution in [0.3, 0.4) is 0 Å². The molecule has 0 aromatic heterocycles. The van der Waals surface area contributed by atoms with Crippen LogP contribution < -0.4 is 0 Å². The summed E-state index contributed by atoms with van der Waals surface area (Å²) in [5.41, 5.74) is 8.28. The molecule has 0 aliphatic heterocycles. The lowest BCUT2D eigenvalue weighted by Crippen LogP contribution is -1.86. The van der Waals surface area contributed by atoms with Gasteiger partial charge in [-0.25, -0.2) is 0 Å². The average molecular weight is 220 g/mol. The van der Waals surface area contributed by atoms with Gasteiger partial charge in [0.15, 0.2) is 0 Å². The second-order valence-electron chi connectivity index (χ2n) is 4.91. The van der Waals surface area contributed by atoms with Crippen LogP contribution >= 0.6 is 0 Å². The van der Waals surface area contributed by atoms with Crippen molar-refractivity contribution in [3.05, 3.63) is 70.3 Å². The van der Waals surface area contributed by atoms with Crippen molar-refractivity contribution in [2.24, 2.45) is 0 Å². The minimum absolute atomic E-state index is 1.07. The number of rotatable bonds is 1. The molecular formula is C17H16. The monoisotopic (exact) mass is 220 g/mol. The van der Waals surface area contributed by atoms with Crippen molar-refractivity contribution < 1.29 is 0 Å². The summed E-state index contributed by atoms with van der Waals surface area (Å²) in [6.45, 7) is 4.28. The summed E-state index contributed by atoms with van der Waals surface area (Å²) < 4.78 is 0. The summed E-state index contributed by atoms with van der Waals surface area (Å²) in [7, 11) is 0. The molecule has 2 aromatic rings. The molecule has 0 saturated heterocycles. The van der Waals surface area contributed by atoms with Gasteiger partial charge >= 0.3 is 0 Å². The number of allylic oxidation sites excluding steroid dienone is 1. The van der Waals surface area contributed by atoms with Crippen LogP contribution in [0, 0.1) is 13.8 Å². The Hall–Kier alpha value is -1.82. The first-order valence-corrected chi connectivity index (χ1v) is 6.09. The Morgan fingerprint density at radius 2 is 1.53 bits per heavy atom. The fourth-order valence-electron chi connectivity index (χ4n) is 2.41. The van der Waals surface area contributed by atoms with Crippen LogP contribution in [0.25, 0.3) is 11.6 Å². The van der Waals surface area contributed by atoms with Gasteiger partial charge in [-0.1, -0.05) is 59.7 Å². The van der Waals surface area contributed by atoms with Crippen LogP contribution in [0.4, 0.5) is 0 Å². The topological polar surface area (TPSA) is 0 Å². The zero-order chi connectivity index (χ0) is 11.8. The highest BCUT2D eigenvalue weighted by Gasteiger charge is 2.13. The van der Waals surface area contributed by atoms with Crippen LogP contribution in [0.5, 0.6) is 0 Å². The minimum atomic E-state index is 1.07. The summed E-state index contributed by atoms with van der Waals surface area (Å²) in [6.07, 6.45) is 3.39. The molecule has 17 heavy (non-hydrogen) atoms. The number of hydrogen-bond donors (Lipinski definition) is 0. The minimum Gasteiger partial charge on any atom is -0.0590 e. The third kappa shape index (κ3) is 1.91. The van der Waals surface area contributed by atoms with Crippen molar-refractivity contribution in [3.8, 4) is 0 Å². The molecule has 0 amide bonds. The van der Waals surface area contributed by atoms with E-state index in [2.05, 4.69) is 62.4 Å². The molecule has 0 spiro atoms. The molecular weight excluding hydrogens is 204 g/mol. The maximum absolute atomic E-state index is 2.33. The second kappa shape index (κ2) is 3.89. The lowest BCUT2D eigenvalue weighted by molar-refractivity contribution is 1.29. The largest absolute Gasteiger partial charge is 0.0590 e. The van der Waals surface area contributed by atoms with Crippen LogP contribution in [0.2, 0.25) is 0 Å². The van der Waals surface area contributed by atoms with Gasteiger partial charge in [0.05, 0.1) is 0 Å². The Morgan fingerprint density at radius 3 is 2.29 bits per heavy atom. The third-order valence-electron chi connectivity index (χ3n) is 3.43. The van der Waals surface area contributed by atoms with E-state index in [1.807, 2.05) is 0 Å². The van der Waals surface area contributed by atoms with Crippen LogP contribution in [-0.4, -0.2) is 0 Å². The van der Waals surface area contributed by atoms with E-state index in [9.17, 15) is 0 Å². The molecule has 0 unspecified atom stereocenters. The summed E-state index contributed by atoms with van der Waals surface area (Å²) in [4.78, 5) is 0. The number of hydrogen-bond acceptors (Lipinski definition) is 0. The summed E-state index contributed by atoms with van der Waals surface area (Å²) >= 11 is 0. The molecule has 84 valence electrons. The molecule has 0 nitrogen and oxygen atoms in total. The predicted octanol–water partition coefficient (Wildman–Crippen LogP) is 4.40. The van der Waals surface area contributed by atoms with E-state index in [0.29, 0.717) is 0 Å². The van der Waals surface area contributed by atoms with Crippen LogP contribution in [0.1, 0.15) is 27.8 Å². The molecule has 1 aliphatic carbocycles. The zero-order valence-corrected chi connectivity index (χ0v) is 10.3. The first-order chi connectivity index (χ1) is 8.22. The molecule has 3 rings (SSSR count). The van der Waals surface area contributed by atoms with E-state index in [1.54, 1.807) is 0 Å². The molecule has 0 atom stereocenters. The fourth-order valence-corrected chi connectivity index (χ4v) is 2.41. The van der Waals surface area contributed by atoms with E-state index in [0.717, 1.165) is 6.42 Å². The van der Waals surface area contributed by atoms with Gasteiger partial charge in [-0.05, 0) is 42.5 Å². The summed E-state index contributed by atoms with van der Waals surface area (Å²) in [5.74, 6) is 0. The highest BCUT2D eigenvalue weighted by molar-refractivity contribution is 5.88. The van der Waals surface area contributed by atoms with Gasteiger partial charge in [0.25, 0.3) is 0 Å². The second-order valence-corrected chi connectivity index (χ2v) is 4.91. The zero-order valence-electron chi connectivity index (χ0n) is 10.3. The smallest absolute Gasteiger partial charge is 0.00137 e. The molecule has 0 bridgehead atoms. The first-order valence-electron chi connectivity index (χ1n) is 6.09. The van der Waals surface area contributed by atoms with Gasteiger partial charge in [0.1, 0.15) is 0 Å². The Morgan fingerprint density at radius 1 is 0.824 bits per heavy atom. The normalized spacial score (nSPS) is 13.4. The Balaban J connectivity index is 1.99. The SMILES string of the molecule is Cc1ccc(C2=Cc3cc(C)ccc3C2)cc1. The third-order valence-corrected chi connectivity index (χ3v) is 3.43. The van der Waals surface area contributed by atoms with Crippen molar-refractivity contribution in [1.29, 1.82) is 0 Å². The van der Waals surface area contributed by atoms with Gasteiger partial charge in [-0.15, -0.1) is 0 Å². The Labute approximate surface area is 103 Å². The highest BCUT2D eigenvalue weighted by atomic mass is 14.2. The summed E-state index contributed by atoms with van der Waals surface area (Å²) in [6, 6.07) is 15.5. The maximum Gasteiger partial charge on any atom is -0.00137 e. The summed E-state index contributed by atoms with van der Waals surface area (Å²) in [5, 5.41) is 0. The molecule has 0 heteroatoms. The molecule has 2 aromatic carbocycles. The Kier molecular flexibility index (Phi) is 2.36. The van der Waals surface area contributed by atoms with Crippen LogP contribution in [-0.2, 0) is 6.42 Å². The standard InChI is InChI=1S/C17H16/c1-12-3-6-14(7-4-12)17-10-15-8-5-13(2)9-16(15)11-17/h3-9,11H,10H2,1-2H3. The fraction of sp³-hybridized carbons (Fsp3) is 0.176. The Bertz CT molecular complexity index is 586. The lowest BCUT2D eigenvalue weighted by atomic mass is 10.0. The molecule has 0 radical (unpaired) electrons. The number of aryl methyl sites for hydroxylation is 2. The molecule has 0 heterocycles. The van der Waals surface area contributed by atoms with E-state index < -0.39 is 0 Å². The van der Waals surface area contributed by atoms with E-state index in [4.69, 9.17) is 0 Å². The van der Waals surface area contributed by atoms with E-state index in [1.165, 1.54) is 33.4 Å². The molecule has 0 saturated carbocycles. The van der Waals surface area contributed by atoms with E-state index >= 15 is 0 Å². The van der Waals surface area contributed by atoms with Crippen molar-refractivity contribution in [3.63, 3.8) is 0 Å². The van der Waals surface area contributed by atoms with Gasteiger partial charge in [-0.3, -0.25) is 0 Å². The van der Waals surface area contributed by atoms with Gasteiger partial charge < -0.3 is 0 Å². The quantitative estimate of drug-likeness (QED) is 0.668. The maximum atomic E-state index is 2.33. The van der Waals surface area contributed by atoms with E-state index in [-0.39, 0.29) is 0 Å². The number of benzene rings is 2. The predicted molar refractivity (Wildman–Crippen MR) is 73.9 cm³/mol. The lowest BCUT2D eigenvalue weighted by Gasteiger charge is -2.02. The van der Waals surface area contributed by atoms with Gasteiger partial charge in [0.2, 0.25) is 0 Å². The van der Waals surface area contributed by atoms with Crippen molar-refractivity contribution in [2.45, 2.75) is 20.3 Å². The van der Waals surface area contributed by atoms with Crippen molar-refractivity contribution in [2.75, 3.05) is 0 Å². The molecule has 0 N–H and O–H groups in total. The molecule has 1 aliphatic rings.